The predicted molar refractivity (Wildman–Crippen MR) is 235 cm³/mol. The minimum Gasteiger partial charge on any atom is -0.434 e. The molecule has 70 heavy (non-hydrogen) atoms. The van der Waals surface area contributed by atoms with Crippen LogP contribution in [0.25, 0.3) is 0 Å². The largest absolute Gasteiger partial charge is 0.434 e. The fraction of sp³-hybridized carbons (Fsp3) is 0.941. The van der Waals surface area contributed by atoms with Gasteiger partial charge < -0.3 is 42.6 Å². The van der Waals surface area contributed by atoms with Crippen molar-refractivity contribution in [3.05, 3.63) is 0 Å². The molecule has 19 nitrogen and oxygen atoms in total. The van der Waals surface area contributed by atoms with Gasteiger partial charge in [-0.05, 0) is 114 Å². The number of rotatable bonds is 9. The van der Waals surface area contributed by atoms with Crippen molar-refractivity contribution in [2.75, 3.05) is 19.6 Å². The van der Waals surface area contributed by atoms with E-state index in [-0.39, 0.29) is 53.3 Å². The molecule has 15 rings (SSSR count). The van der Waals surface area contributed by atoms with Crippen LogP contribution in [0.3, 0.4) is 0 Å². The second kappa shape index (κ2) is 17.2. The van der Waals surface area contributed by atoms with E-state index >= 15 is 0 Å². The third-order valence-corrected chi connectivity index (χ3v) is 20.1. The maximum Gasteiger partial charge on any atom is 0.322 e. The van der Waals surface area contributed by atoms with Crippen LogP contribution in [0.5, 0.6) is 0 Å². The number of ether oxygens (including phenoxy) is 9. The van der Waals surface area contributed by atoms with E-state index in [0.717, 1.165) is 57.8 Å². The Morgan fingerprint density at radius 3 is 0.986 bits per heavy atom. The molecule has 0 N–H and O–H groups in total. The van der Waals surface area contributed by atoms with Gasteiger partial charge in [-0.1, -0.05) is 41.5 Å². The van der Waals surface area contributed by atoms with Gasteiger partial charge in [-0.25, -0.2) is 29.3 Å². The summed E-state index contributed by atoms with van der Waals surface area (Å²) in [5, 5.41) is 0. The topological polar surface area (TPSA) is 193 Å². The summed E-state index contributed by atoms with van der Waals surface area (Å²) in [6.07, 6.45) is 4.32. The molecule has 15 fully saturated rings. The number of carbonyl (C=O) groups is 3. The van der Waals surface area contributed by atoms with Gasteiger partial charge in [0.1, 0.15) is 0 Å². The highest BCUT2D eigenvalue weighted by Crippen LogP contribution is 2.64. The number of hydrogen-bond donors (Lipinski definition) is 0. The molecule has 392 valence electrons. The molecule has 0 radical (unpaired) electrons. The molecule has 12 saturated heterocycles. The fourth-order valence-electron chi connectivity index (χ4n) is 16.2. The Balaban J connectivity index is 0.770. The highest BCUT2D eigenvalue weighted by molar-refractivity contribution is 5.78. The van der Waals surface area contributed by atoms with Crippen molar-refractivity contribution < 1.29 is 86.3 Å². The number of nitrogens with zero attached hydrogens (tertiary/aromatic N) is 1. The molecule has 0 aromatic rings. The molecule has 24 atom stereocenters. The number of hydrogen-bond acceptors (Lipinski definition) is 19. The highest BCUT2D eigenvalue weighted by Gasteiger charge is 2.73. The molecule has 0 aromatic heterocycles. The van der Waals surface area contributed by atoms with E-state index in [1.807, 2.05) is 41.5 Å². The van der Waals surface area contributed by atoms with Crippen LogP contribution in [0.2, 0.25) is 0 Å². The number of esters is 3. The first-order valence-electron chi connectivity index (χ1n) is 26.7. The van der Waals surface area contributed by atoms with Crippen LogP contribution < -0.4 is 0 Å². The molecular weight excluding hydrogens is 915 g/mol. The van der Waals surface area contributed by atoms with Crippen LogP contribution in [0, 0.1) is 71.0 Å². The van der Waals surface area contributed by atoms with E-state index in [1.54, 1.807) is 0 Å². The summed E-state index contributed by atoms with van der Waals surface area (Å²) in [4.78, 5) is 81.1. The lowest BCUT2D eigenvalue weighted by Gasteiger charge is -2.60. The van der Waals surface area contributed by atoms with Crippen LogP contribution in [-0.2, 0) is 86.3 Å². The van der Waals surface area contributed by atoms with Crippen molar-refractivity contribution in [1.29, 1.82) is 0 Å². The van der Waals surface area contributed by atoms with Crippen LogP contribution in [-0.4, -0.2) is 114 Å². The zero-order chi connectivity index (χ0) is 48.9. The molecule has 19 heteroatoms. The van der Waals surface area contributed by atoms with Crippen molar-refractivity contribution in [2.24, 2.45) is 71.0 Å². The Hall–Kier alpha value is -2.11. The van der Waals surface area contributed by atoms with Gasteiger partial charge in [0.25, 0.3) is 0 Å². The summed E-state index contributed by atoms with van der Waals surface area (Å²) in [6.45, 7) is 16.8. The van der Waals surface area contributed by atoms with Crippen LogP contribution in [0.4, 0.5) is 0 Å². The molecule has 12 aliphatic heterocycles. The average Bonchev–Trinajstić information content (AvgIpc) is 3.79. The van der Waals surface area contributed by atoms with Gasteiger partial charge in [-0.15, -0.1) is 0 Å². The van der Waals surface area contributed by atoms with Crippen molar-refractivity contribution in [1.82, 2.24) is 4.90 Å². The zero-order valence-corrected chi connectivity index (χ0v) is 42.3. The molecular formula is C51H75NO18. The van der Waals surface area contributed by atoms with Gasteiger partial charge in [0.15, 0.2) is 35.7 Å². The maximum absolute atomic E-state index is 14.3. The molecule has 3 aliphatic carbocycles. The van der Waals surface area contributed by atoms with Crippen LogP contribution >= 0.6 is 0 Å². The Morgan fingerprint density at radius 1 is 0.414 bits per heavy atom. The Labute approximate surface area is 410 Å². The third kappa shape index (κ3) is 7.46. The number of carbonyl (C=O) groups excluding carboxylic acids is 3. The summed E-state index contributed by atoms with van der Waals surface area (Å²) in [5.41, 5.74) is -2.56. The standard InChI is InChI=1S/C51H75NO18/c1-25-10-13-34-28(4)40(59-43-49(34)31(25)16-19-46(7,62-43)65-68-49)56-37(53)22-52(23-38(54)57-41-29(5)35-14-11-26(2)32-17-20-47(8)63-44(60-41)50(32,35)69-66-47)24-39(55)58-42-30(6)36-15-12-27(3)33-18-21-48(9)64-45(61-42)51(33,36)70-67-48/h25-36,40-45H,10-24H2,1-9H3/t25-,26-,27-,28-,29-,30-,31+,32+,33+,34+,35+,36+,40-,41-,42-,43-,44-,45-,46-,47+,48+,49-,50-,51-/m1/s1. The lowest BCUT2D eigenvalue weighted by molar-refractivity contribution is -0.576. The second-order valence-corrected chi connectivity index (χ2v) is 24.4. The molecule has 3 saturated carbocycles. The van der Waals surface area contributed by atoms with E-state index in [0.29, 0.717) is 37.0 Å². The van der Waals surface area contributed by atoms with Crippen molar-refractivity contribution in [3.63, 3.8) is 0 Å². The summed E-state index contributed by atoms with van der Waals surface area (Å²) >= 11 is 0. The molecule has 3 spiro atoms. The van der Waals surface area contributed by atoms with E-state index in [9.17, 15) is 14.4 Å². The molecule has 0 aromatic carbocycles. The van der Waals surface area contributed by atoms with E-state index < -0.39 is 109 Å². The lowest BCUT2D eigenvalue weighted by Crippen LogP contribution is -2.70. The van der Waals surface area contributed by atoms with Gasteiger partial charge in [0.2, 0.25) is 36.2 Å². The summed E-state index contributed by atoms with van der Waals surface area (Å²) in [5.74, 6) is -4.89. The number of fused-ring (bicyclic) bond motifs is 6. The van der Waals surface area contributed by atoms with Gasteiger partial charge in [0.05, 0.1) is 19.6 Å². The Bertz CT molecular complexity index is 1840. The second-order valence-electron chi connectivity index (χ2n) is 24.4. The van der Waals surface area contributed by atoms with Gasteiger partial charge in [0, 0.05) is 54.8 Å². The van der Waals surface area contributed by atoms with Crippen molar-refractivity contribution in [3.8, 4) is 0 Å². The Kier molecular flexibility index (Phi) is 12.0. The van der Waals surface area contributed by atoms with Crippen LogP contribution in [0.15, 0.2) is 0 Å². The van der Waals surface area contributed by atoms with E-state index in [1.165, 1.54) is 4.90 Å². The molecule has 6 bridgehead atoms. The zero-order valence-electron chi connectivity index (χ0n) is 42.3. The summed E-state index contributed by atoms with van der Waals surface area (Å²) < 4.78 is 57.8. The molecule has 15 aliphatic rings. The third-order valence-electron chi connectivity index (χ3n) is 20.1. The normalized spacial score (nSPS) is 54.9. The minimum absolute atomic E-state index is 0.0908. The smallest absolute Gasteiger partial charge is 0.322 e. The van der Waals surface area contributed by atoms with Crippen molar-refractivity contribution in [2.45, 2.75) is 211 Å². The first kappa shape index (κ1) is 48.8. The summed E-state index contributed by atoms with van der Waals surface area (Å²) in [6, 6.07) is 0. The van der Waals surface area contributed by atoms with Gasteiger partial charge >= 0.3 is 17.9 Å². The van der Waals surface area contributed by atoms with Crippen LogP contribution in [0.1, 0.15) is 139 Å². The first-order chi connectivity index (χ1) is 33.3. The fourth-order valence-corrected chi connectivity index (χ4v) is 16.2. The first-order valence-corrected chi connectivity index (χ1v) is 26.7. The van der Waals surface area contributed by atoms with E-state index in [2.05, 4.69) is 20.8 Å². The van der Waals surface area contributed by atoms with Crippen molar-refractivity contribution >= 4 is 17.9 Å². The maximum atomic E-state index is 14.3. The molecule has 12 heterocycles. The van der Waals surface area contributed by atoms with Gasteiger partial charge in [-0.3, -0.25) is 19.3 Å². The average molecular weight is 990 g/mol. The highest BCUT2D eigenvalue weighted by atomic mass is 17.3. The molecule has 0 amide bonds. The minimum atomic E-state index is -1.01. The SMILES string of the molecule is C[C@H]1[C@H](OC(=O)CN(CC(=O)O[C@@H]2O[C@@H]3O[C@]4(C)CC[C@H]5[C@H](C)CC[C@@H]([C@H]2C)[C@@]35OO4)CC(=O)O[C@@H]2O[C@@H]3O[C@]4(C)CC[C@H]5[C@H](C)CC[C@@H]([C@H]2C)[C@@]35OO4)O[C@@H]2O[C@@]3(C)CC[C@H]4[C@H](C)CC[C@@H]1[C@@]24OO3. The molecule has 0 unspecified atom stereocenters. The monoisotopic (exact) mass is 989 g/mol. The predicted octanol–water partition coefficient (Wildman–Crippen LogP) is 6.54. The Morgan fingerprint density at radius 2 is 0.700 bits per heavy atom. The lowest BCUT2D eigenvalue weighted by atomic mass is 9.58. The summed E-state index contributed by atoms with van der Waals surface area (Å²) in [7, 11) is 0. The quantitative estimate of drug-likeness (QED) is 0.137. The van der Waals surface area contributed by atoms with E-state index in [4.69, 9.17) is 72.0 Å². The van der Waals surface area contributed by atoms with Gasteiger partial charge in [-0.2, -0.15) is 0 Å².